The van der Waals surface area contributed by atoms with Crippen LogP contribution in [0.15, 0.2) is 9.52 Å². The van der Waals surface area contributed by atoms with Gasteiger partial charge in [0, 0.05) is 19.5 Å². The first-order chi connectivity index (χ1) is 14.6. The smallest absolute Gasteiger partial charge is 0.326 e. The molecular weight excluding hydrogens is 412 g/mol. The maximum absolute atomic E-state index is 12.0. The third-order valence-corrected chi connectivity index (χ3v) is 4.19. The maximum Gasteiger partial charge on any atom is 0.326 e. The highest BCUT2D eigenvalue weighted by molar-refractivity contribution is 5.83. The zero-order valence-electron chi connectivity index (χ0n) is 17.4. The Labute approximate surface area is 178 Å². The SMILES string of the molecule is CCCN=C(N)N.NC(CCC(=O)O)c1noc(CNC(=O)N2CCCC2C(=O)O)n1. The molecule has 174 valence electrons. The maximum atomic E-state index is 12.0. The van der Waals surface area contributed by atoms with Gasteiger partial charge >= 0.3 is 18.0 Å². The molecule has 0 spiro atoms. The number of guanidine groups is 1. The Balaban J connectivity index is 0.000000592. The Morgan fingerprint density at radius 3 is 2.61 bits per heavy atom. The number of nitrogens with zero attached hydrogens (tertiary/aromatic N) is 4. The van der Waals surface area contributed by atoms with E-state index in [4.69, 9.17) is 31.9 Å². The summed E-state index contributed by atoms with van der Waals surface area (Å²) < 4.78 is 4.94. The van der Waals surface area contributed by atoms with Gasteiger partial charge in [0.05, 0.1) is 12.6 Å². The second kappa shape index (κ2) is 13.0. The second-order valence-corrected chi connectivity index (χ2v) is 6.74. The molecule has 2 unspecified atom stereocenters. The van der Waals surface area contributed by atoms with E-state index in [2.05, 4.69) is 20.4 Å². The first kappa shape index (κ1) is 25.6. The third-order valence-electron chi connectivity index (χ3n) is 4.19. The van der Waals surface area contributed by atoms with Crippen molar-refractivity contribution in [3.63, 3.8) is 0 Å². The van der Waals surface area contributed by atoms with Crippen LogP contribution in [0.3, 0.4) is 0 Å². The van der Waals surface area contributed by atoms with Gasteiger partial charge in [-0.05, 0) is 25.7 Å². The molecule has 0 bridgehead atoms. The van der Waals surface area contributed by atoms with Crippen molar-refractivity contribution < 1.29 is 29.1 Å². The van der Waals surface area contributed by atoms with Crippen LogP contribution in [-0.2, 0) is 16.1 Å². The Hall–Kier alpha value is -3.42. The zero-order valence-corrected chi connectivity index (χ0v) is 17.4. The molecule has 1 aromatic rings. The largest absolute Gasteiger partial charge is 0.481 e. The molecule has 1 aliphatic rings. The average Bonchev–Trinajstić information content (AvgIpc) is 3.38. The molecule has 1 aromatic heterocycles. The van der Waals surface area contributed by atoms with Gasteiger partial charge in [0.15, 0.2) is 11.8 Å². The molecule has 0 radical (unpaired) electrons. The Morgan fingerprint density at radius 2 is 2.06 bits per heavy atom. The number of nitrogens with two attached hydrogens (primary N) is 3. The van der Waals surface area contributed by atoms with Crippen molar-refractivity contribution in [3.8, 4) is 0 Å². The number of aliphatic carboxylic acids is 2. The quantitative estimate of drug-likeness (QED) is 0.208. The van der Waals surface area contributed by atoms with Crippen LogP contribution in [0.4, 0.5) is 4.79 Å². The highest BCUT2D eigenvalue weighted by Gasteiger charge is 2.34. The van der Waals surface area contributed by atoms with Gasteiger partial charge in [-0.25, -0.2) is 9.59 Å². The highest BCUT2D eigenvalue weighted by Crippen LogP contribution is 2.17. The molecule has 0 aromatic carbocycles. The fraction of sp³-hybridized carbons (Fsp3) is 0.647. The topological polar surface area (TPSA) is 236 Å². The van der Waals surface area contributed by atoms with Crippen molar-refractivity contribution in [2.24, 2.45) is 22.2 Å². The summed E-state index contributed by atoms with van der Waals surface area (Å²) in [5, 5.41) is 23.8. The lowest BCUT2D eigenvalue weighted by atomic mass is 10.1. The van der Waals surface area contributed by atoms with Gasteiger partial charge in [-0.15, -0.1) is 0 Å². The van der Waals surface area contributed by atoms with Crippen LogP contribution in [0.1, 0.15) is 56.8 Å². The van der Waals surface area contributed by atoms with Crippen LogP contribution < -0.4 is 22.5 Å². The monoisotopic (exact) mass is 442 g/mol. The molecule has 2 atom stereocenters. The van der Waals surface area contributed by atoms with Crippen molar-refractivity contribution in [1.29, 1.82) is 0 Å². The van der Waals surface area contributed by atoms with E-state index in [9.17, 15) is 14.4 Å². The number of hydrogen-bond donors (Lipinski definition) is 6. The number of urea groups is 1. The number of likely N-dealkylation sites (tertiary alicyclic amines) is 1. The van der Waals surface area contributed by atoms with E-state index in [-0.39, 0.29) is 37.1 Å². The number of aliphatic imine (C=N–C) groups is 1. The van der Waals surface area contributed by atoms with Crippen LogP contribution in [0, 0.1) is 0 Å². The lowest BCUT2D eigenvalue weighted by Gasteiger charge is -2.21. The van der Waals surface area contributed by atoms with Crippen molar-refractivity contribution in [3.05, 3.63) is 11.7 Å². The lowest BCUT2D eigenvalue weighted by molar-refractivity contribution is -0.141. The van der Waals surface area contributed by atoms with Crippen LogP contribution in [-0.4, -0.2) is 68.3 Å². The predicted molar refractivity (Wildman–Crippen MR) is 109 cm³/mol. The van der Waals surface area contributed by atoms with Crippen LogP contribution >= 0.6 is 0 Å². The molecule has 2 heterocycles. The number of amides is 2. The van der Waals surface area contributed by atoms with Crippen LogP contribution in [0.25, 0.3) is 0 Å². The normalized spacial score (nSPS) is 16.1. The first-order valence-corrected chi connectivity index (χ1v) is 9.78. The standard InChI is InChI=1S/C13H19N5O6.C4H11N3/c14-7(3-4-10(19)20)11-16-9(24-17-11)6-15-13(23)18-5-1-2-8(18)12(21)22;1-2-3-7-4(5)6/h7-8H,1-6,14H2,(H,15,23)(H,19,20)(H,21,22);2-3H2,1H3,(H4,5,6,7). The van der Waals surface area contributed by atoms with E-state index in [1.54, 1.807) is 0 Å². The molecule has 14 nitrogen and oxygen atoms in total. The number of carboxylic acids is 2. The molecular formula is C17H30N8O6. The number of rotatable bonds is 9. The van der Waals surface area contributed by atoms with Crippen molar-refractivity contribution in [2.75, 3.05) is 13.1 Å². The Kier molecular flexibility index (Phi) is 10.7. The summed E-state index contributed by atoms with van der Waals surface area (Å²) in [7, 11) is 0. The summed E-state index contributed by atoms with van der Waals surface area (Å²) in [5.74, 6) is -1.56. The van der Waals surface area contributed by atoms with Gasteiger partial charge in [0.1, 0.15) is 6.04 Å². The predicted octanol–water partition coefficient (Wildman–Crippen LogP) is -0.637. The molecule has 0 aliphatic carbocycles. The molecule has 31 heavy (non-hydrogen) atoms. The summed E-state index contributed by atoms with van der Waals surface area (Å²) in [5.41, 5.74) is 15.8. The number of hydrogen-bond acceptors (Lipinski definition) is 8. The van der Waals surface area contributed by atoms with Gasteiger partial charge in [-0.1, -0.05) is 12.1 Å². The van der Waals surface area contributed by atoms with E-state index in [0.717, 1.165) is 13.0 Å². The third kappa shape index (κ3) is 9.29. The number of carbonyl (C=O) groups excluding carboxylic acids is 1. The number of carbonyl (C=O) groups is 3. The summed E-state index contributed by atoms with van der Waals surface area (Å²) in [6, 6.07) is -2.02. The molecule has 1 saturated heterocycles. The summed E-state index contributed by atoms with van der Waals surface area (Å²) in [6.07, 6.45) is 2.10. The summed E-state index contributed by atoms with van der Waals surface area (Å²) in [4.78, 5) is 42.5. The average molecular weight is 442 g/mol. The van der Waals surface area contributed by atoms with E-state index >= 15 is 0 Å². The lowest BCUT2D eigenvalue weighted by Crippen LogP contribution is -2.45. The van der Waals surface area contributed by atoms with Gasteiger partial charge < -0.3 is 42.2 Å². The molecule has 1 fully saturated rings. The molecule has 0 saturated carbocycles. The van der Waals surface area contributed by atoms with E-state index < -0.39 is 30.1 Å². The van der Waals surface area contributed by atoms with Crippen LogP contribution in [0.5, 0.6) is 0 Å². The Morgan fingerprint density at radius 1 is 1.35 bits per heavy atom. The van der Waals surface area contributed by atoms with E-state index in [1.807, 2.05) is 6.92 Å². The molecule has 14 heteroatoms. The fourth-order valence-corrected chi connectivity index (χ4v) is 2.66. The van der Waals surface area contributed by atoms with Crippen molar-refractivity contribution in [2.45, 2.75) is 57.7 Å². The summed E-state index contributed by atoms with van der Waals surface area (Å²) >= 11 is 0. The highest BCUT2D eigenvalue weighted by atomic mass is 16.5. The van der Waals surface area contributed by atoms with Gasteiger partial charge in [0.25, 0.3) is 0 Å². The van der Waals surface area contributed by atoms with Crippen molar-refractivity contribution >= 4 is 23.9 Å². The Bertz CT molecular complexity index is 764. The molecule has 2 rings (SSSR count). The van der Waals surface area contributed by atoms with Crippen molar-refractivity contribution in [1.82, 2.24) is 20.4 Å². The van der Waals surface area contributed by atoms with Gasteiger partial charge in [0.2, 0.25) is 5.89 Å². The second-order valence-electron chi connectivity index (χ2n) is 6.74. The van der Waals surface area contributed by atoms with E-state index in [0.29, 0.717) is 19.4 Å². The fourth-order valence-electron chi connectivity index (χ4n) is 2.66. The van der Waals surface area contributed by atoms with E-state index in [1.165, 1.54) is 4.90 Å². The minimum absolute atomic E-state index is 0.0691. The zero-order chi connectivity index (χ0) is 23.4. The first-order valence-electron chi connectivity index (χ1n) is 9.78. The number of aromatic nitrogens is 2. The van der Waals surface area contributed by atoms with Gasteiger partial charge in [-0.3, -0.25) is 9.79 Å². The molecule has 9 N–H and O–H groups in total. The minimum atomic E-state index is -1.04. The molecule has 1 aliphatic heterocycles. The van der Waals surface area contributed by atoms with Gasteiger partial charge in [-0.2, -0.15) is 4.98 Å². The van der Waals surface area contributed by atoms with Crippen LogP contribution in [0.2, 0.25) is 0 Å². The number of carboxylic acid groups (broad SMARTS) is 2. The summed E-state index contributed by atoms with van der Waals surface area (Å²) in [6.45, 7) is 3.06. The minimum Gasteiger partial charge on any atom is -0.481 e. The molecule has 2 amide bonds. The number of nitrogens with one attached hydrogen (secondary N) is 1.